The van der Waals surface area contributed by atoms with Crippen LogP contribution in [0.1, 0.15) is 55.5 Å². The monoisotopic (exact) mass is 458 g/mol. The second-order valence-electron chi connectivity index (χ2n) is 6.43. The van der Waals surface area contributed by atoms with E-state index in [1.54, 1.807) is 7.05 Å². The van der Waals surface area contributed by atoms with E-state index in [2.05, 4.69) is 29.5 Å². The Hall–Kier alpha value is -1.31. The van der Waals surface area contributed by atoms with E-state index in [4.69, 9.17) is 0 Å². The SMILES string of the molecule is CCC(C)NC(=NC)NCc1ccc(C(=O)N2CCCCC2)cc1.I. The molecule has 1 fully saturated rings. The first kappa shape index (κ1) is 21.7. The summed E-state index contributed by atoms with van der Waals surface area (Å²) in [4.78, 5) is 18.7. The first-order chi connectivity index (χ1) is 11.6. The summed E-state index contributed by atoms with van der Waals surface area (Å²) >= 11 is 0. The summed E-state index contributed by atoms with van der Waals surface area (Å²) in [6, 6.07) is 8.28. The number of guanidine groups is 1. The van der Waals surface area contributed by atoms with Gasteiger partial charge in [-0.15, -0.1) is 24.0 Å². The second kappa shape index (κ2) is 11.3. The topological polar surface area (TPSA) is 56.7 Å². The third-order valence-corrected chi connectivity index (χ3v) is 4.52. The van der Waals surface area contributed by atoms with Crippen LogP contribution in [0.5, 0.6) is 0 Å². The Labute approximate surface area is 168 Å². The van der Waals surface area contributed by atoms with Crippen molar-refractivity contribution in [3.05, 3.63) is 35.4 Å². The number of halogens is 1. The largest absolute Gasteiger partial charge is 0.354 e. The molecule has 140 valence electrons. The third kappa shape index (κ3) is 6.84. The predicted molar refractivity (Wildman–Crippen MR) is 115 cm³/mol. The summed E-state index contributed by atoms with van der Waals surface area (Å²) in [5.74, 6) is 0.960. The van der Waals surface area contributed by atoms with Crippen LogP contribution in [-0.2, 0) is 6.54 Å². The summed E-state index contributed by atoms with van der Waals surface area (Å²) in [7, 11) is 1.78. The molecule has 0 aromatic heterocycles. The lowest BCUT2D eigenvalue weighted by atomic mass is 10.1. The number of hydrogen-bond acceptors (Lipinski definition) is 2. The molecule has 0 saturated carbocycles. The Morgan fingerprint density at radius 3 is 2.40 bits per heavy atom. The number of rotatable bonds is 5. The zero-order chi connectivity index (χ0) is 17.4. The molecule has 5 nitrogen and oxygen atoms in total. The lowest BCUT2D eigenvalue weighted by Crippen LogP contribution is -2.41. The van der Waals surface area contributed by atoms with Crippen molar-refractivity contribution >= 4 is 35.8 Å². The number of carbonyl (C=O) groups excluding carboxylic acids is 1. The molecule has 1 amide bonds. The molecule has 1 heterocycles. The number of carbonyl (C=O) groups is 1. The van der Waals surface area contributed by atoms with Gasteiger partial charge in [-0.2, -0.15) is 0 Å². The van der Waals surface area contributed by atoms with Crippen molar-refractivity contribution < 1.29 is 4.79 Å². The van der Waals surface area contributed by atoms with Gasteiger partial charge < -0.3 is 15.5 Å². The summed E-state index contributed by atoms with van der Waals surface area (Å²) in [6.07, 6.45) is 4.53. The number of nitrogens with one attached hydrogen (secondary N) is 2. The molecule has 2 rings (SSSR count). The van der Waals surface area contributed by atoms with Crippen LogP contribution in [0.3, 0.4) is 0 Å². The summed E-state index contributed by atoms with van der Waals surface area (Å²) in [5.41, 5.74) is 1.92. The van der Waals surface area contributed by atoms with Crippen molar-refractivity contribution in [2.24, 2.45) is 4.99 Å². The highest BCUT2D eigenvalue weighted by atomic mass is 127. The van der Waals surface area contributed by atoms with Crippen molar-refractivity contribution in [1.29, 1.82) is 0 Å². The highest BCUT2D eigenvalue weighted by Crippen LogP contribution is 2.13. The lowest BCUT2D eigenvalue weighted by molar-refractivity contribution is 0.0724. The van der Waals surface area contributed by atoms with E-state index in [0.717, 1.165) is 49.4 Å². The van der Waals surface area contributed by atoms with Gasteiger partial charge in [0, 0.05) is 38.3 Å². The van der Waals surface area contributed by atoms with Crippen LogP contribution in [0.2, 0.25) is 0 Å². The quantitative estimate of drug-likeness (QED) is 0.404. The van der Waals surface area contributed by atoms with Crippen LogP contribution in [0.15, 0.2) is 29.3 Å². The number of aliphatic imine (C=N–C) groups is 1. The second-order valence-corrected chi connectivity index (χ2v) is 6.43. The zero-order valence-electron chi connectivity index (χ0n) is 15.5. The van der Waals surface area contributed by atoms with Gasteiger partial charge in [0.05, 0.1) is 0 Å². The van der Waals surface area contributed by atoms with E-state index in [-0.39, 0.29) is 29.9 Å². The first-order valence-electron chi connectivity index (χ1n) is 8.99. The lowest BCUT2D eigenvalue weighted by Gasteiger charge is -2.26. The molecular formula is C19H31IN4O. The van der Waals surface area contributed by atoms with Crippen molar-refractivity contribution in [3.8, 4) is 0 Å². The number of piperidine rings is 1. The maximum absolute atomic E-state index is 12.5. The maximum atomic E-state index is 12.5. The highest BCUT2D eigenvalue weighted by molar-refractivity contribution is 14.0. The minimum absolute atomic E-state index is 0. The van der Waals surface area contributed by atoms with Crippen molar-refractivity contribution in [3.63, 3.8) is 0 Å². The van der Waals surface area contributed by atoms with Crippen LogP contribution in [0, 0.1) is 0 Å². The fourth-order valence-electron chi connectivity index (χ4n) is 2.76. The molecule has 1 aromatic carbocycles. The van der Waals surface area contributed by atoms with E-state index in [9.17, 15) is 4.79 Å². The minimum Gasteiger partial charge on any atom is -0.354 e. The Kier molecular flexibility index (Phi) is 9.85. The molecule has 1 aliphatic heterocycles. The van der Waals surface area contributed by atoms with Gasteiger partial charge in [0.25, 0.3) is 5.91 Å². The number of hydrogen-bond donors (Lipinski definition) is 2. The van der Waals surface area contributed by atoms with Gasteiger partial charge in [-0.25, -0.2) is 0 Å². The Morgan fingerprint density at radius 2 is 1.84 bits per heavy atom. The number of nitrogens with zero attached hydrogens (tertiary/aromatic N) is 2. The Morgan fingerprint density at radius 1 is 1.20 bits per heavy atom. The molecule has 1 atom stereocenters. The molecule has 1 aromatic rings. The molecule has 2 N–H and O–H groups in total. The first-order valence-corrected chi connectivity index (χ1v) is 8.99. The fourth-order valence-corrected chi connectivity index (χ4v) is 2.76. The Bertz CT molecular complexity index is 553. The molecule has 0 spiro atoms. The van der Waals surface area contributed by atoms with Crippen LogP contribution >= 0.6 is 24.0 Å². The highest BCUT2D eigenvalue weighted by Gasteiger charge is 2.17. The van der Waals surface area contributed by atoms with Crippen molar-refractivity contribution in [2.75, 3.05) is 20.1 Å². The van der Waals surface area contributed by atoms with Gasteiger partial charge in [0.2, 0.25) is 0 Å². The maximum Gasteiger partial charge on any atom is 0.253 e. The van der Waals surface area contributed by atoms with Gasteiger partial charge >= 0.3 is 0 Å². The number of amides is 1. The standard InChI is InChI=1S/C19H30N4O.HI/c1-4-15(2)22-19(20-3)21-14-16-8-10-17(11-9-16)18(24)23-12-6-5-7-13-23;/h8-11,15H,4-7,12-14H2,1-3H3,(H2,20,21,22);1H. The number of likely N-dealkylation sites (tertiary alicyclic amines) is 1. The van der Waals surface area contributed by atoms with Crippen LogP contribution in [0.25, 0.3) is 0 Å². The van der Waals surface area contributed by atoms with Crippen molar-refractivity contribution in [1.82, 2.24) is 15.5 Å². The van der Waals surface area contributed by atoms with Crippen molar-refractivity contribution in [2.45, 2.75) is 52.1 Å². The van der Waals surface area contributed by atoms with E-state index in [1.807, 2.05) is 29.2 Å². The van der Waals surface area contributed by atoms with Gasteiger partial charge in [-0.1, -0.05) is 19.1 Å². The minimum atomic E-state index is 0. The van der Waals surface area contributed by atoms with Crippen LogP contribution < -0.4 is 10.6 Å². The molecular weight excluding hydrogens is 427 g/mol. The molecule has 1 unspecified atom stereocenters. The zero-order valence-corrected chi connectivity index (χ0v) is 17.9. The normalized spacial score (nSPS) is 16.0. The van der Waals surface area contributed by atoms with Gasteiger partial charge in [0.15, 0.2) is 5.96 Å². The molecule has 25 heavy (non-hydrogen) atoms. The fraction of sp³-hybridized carbons (Fsp3) is 0.579. The van der Waals surface area contributed by atoms with Gasteiger partial charge in [0.1, 0.15) is 0 Å². The van der Waals surface area contributed by atoms with Gasteiger partial charge in [-0.05, 0) is 50.3 Å². The van der Waals surface area contributed by atoms with E-state index in [1.165, 1.54) is 6.42 Å². The van der Waals surface area contributed by atoms with Crippen LogP contribution in [-0.4, -0.2) is 42.9 Å². The Balaban J connectivity index is 0.00000312. The molecule has 0 bridgehead atoms. The summed E-state index contributed by atoms with van der Waals surface area (Å²) in [6.45, 7) is 6.74. The third-order valence-electron chi connectivity index (χ3n) is 4.52. The molecule has 0 aliphatic carbocycles. The molecule has 0 radical (unpaired) electrons. The summed E-state index contributed by atoms with van der Waals surface area (Å²) in [5, 5.41) is 6.64. The molecule has 1 aliphatic rings. The average molecular weight is 458 g/mol. The van der Waals surface area contributed by atoms with E-state index < -0.39 is 0 Å². The average Bonchev–Trinajstić information content (AvgIpc) is 2.65. The van der Waals surface area contributed by atoms with E-state index >= 15 is 0 Å². The number of benzene rings is 1. The summed E-state index contributed by atoms with van der Waals surface area (Å²) < 4.78 is 0. The van der Waals surface area contributed by atoms with Gasteiger partial charge in [-0.3, -0.25) is 9.79 Å². The van der Waals surface area contributed by atoms with Crippen LogP contribution in [0.4, 0.5) is 0 Å². The smallest absolute Gasteiger partial charge is 0.253 e. The van der Waals surface area contributed by atoms with E-state index in [0.29, 0.717) is 12.6 Å². The molecule has 1 saturated heterocycles. The predicted octanol–water partition coefficient (Wildman–Crippen LogP) is 3.39. The molecule has 6 heteroatoms.